The number of rotatable bonds is 6. The summed E-state index contributed by atoms with van der Waals surface area (Å²) in [5.74, 6) is -2.22. The van der Waals surface area contributed by atoms with Crippen molar-refractivity contribution in [2.24, 2.45) is 0 Å². The molecular formula is C12H17F2NO. The first-order valence-electron chi connectivity index (χ1n) is 5.42. The molecule has 0 amide bonds. The summed E-state index contributed by atoms with van der Waals surface area (Å²) >= 11 is 0. The standard InChI is InChI=1S/C12H17F2NO/c1-3-15-9-12(13,14)10-5-7-11(8-6-10)16-4-2/h5-8,15H,3-4,9H2,1-2H3. The summed E-state index contributed by atoms with van der Waals surface area (Å²) in [6.45, 7) is 4.39. The highest BCUT2D eigenvalue weighted by molar-refractivity contribution is 5.30. The fourth-order valence-electron chi connectivity index (χ4n) is 1.35. The molecular weight excluding hydrogens is 212 g/mol. The smallest absolute Gasteiger partial charge is 0.285 e. The van der Waals surface area contributed by atoms with E-state index >= 15 is 0 Å². The van der Waals surface area contributed by atoms with E-state index in [0.717, 1.165) is 0 Å². The number of likely N-dealkylation sites (N-methyl/N-ethyl adjacent to an activating group) is 1. The lowest BCUT2D eigenvalue weighted by Gasteiger charge is -2.17. The molecule has 1 N–H and O–H groups in total. The highest BCUT2D eigenvalue weighted by atomic mass is 19.3. The second-order valence-electron chi connectivity index (χ2n) is 3.44. The third-order valence-corrected chi connectivity index (χ3v) is 2.18. The maximum absolute atomic E-state index is 13.6. The van der Waals surface area contributed by atoms with E-state index in [2.05, 4.69) is 5.32 Å². The molecule has 0 radical (unpaired) electrons. The fourth-order valence-corrected chi connectivity index (χ4v) is 1.35. The molecule has 0 saturated carbocycles. The number of nitrogens with one attached hydrogen (secondary N) is 1. The summed E-state index contributed by atoms with van der Waals surface area (Å²) in [7, 11) is 0. The Bertz CT molecular complexity index is 311. The number of hydrogen-bond donors (Lipinski definition) is 1. The molecule has 1 rings (SSSR count). The van der Waals surface area contributed by atoms with Gasteiger partial charge in [-0.3, -0.25) is 0 Å². The van der Waals surface area contributed by atoms with Gasteiger partial charge in [-0.1, -0.05) is 6.92 Å². The Labute approximate surface area is 94.6 Å². The van der Waals surface area contributed by atoms with Crippen LogP contribution in [0.25, 0.3) is 0 Å². The van der Waals surface area contributed by atoms with Crippen molar-refractivity contribution in [3.05, 3.63) is 29.8 Å². The number of ether oxygens (including phenoxy) is 1. The van der Waals surface area contributed by atoms with E-state index in [1.54, 1.807) is 19.1 Å². The van der Waals surface area contributed by atoms with Crippen LogP contribution < -0.4 is 10.1 Å². The van der Waals surface area contributed by atoms with E-state index < -0.39 is 5.92 Å². The van der Waals surface area contributed by atoms with Crippen molar-refractivity contribution in [1.29, 1.82) is 0 Å². The minimum atomic E-state index is -2.83. The summed E-state index contributed by atoms with van der Waals surface area (Å²) in [4.78, 5) is 0. The summed E-state index contributed by atoms with van der Waals surface area (Å²) in [5.41, 5.74) is 0.0110. The highest BCUT2D eigenvalue weighted by Gasteiger charge is 2.30. The molecule has 0 fully saturated rings. The van der Waals surface area contributed by atoms with Gasteiger partial charge in [0, 0.05) is 5.56 Å². The van der Waals surface area contributed by atoms with Gasteiger partial charge in [0.15, 0.2) is 0 Å². The molecule has 0 unspecified atom stereocenters. The van der Waals surface area contributed by atoms with Gasteiger partial charge in [0.1, 0.15) is 5.75 Å². The zero-order chi connectivity index (χ0) is 12.0. The molecule has 2 nitrogen and oxygen atoms in total. The molecule has 90 valence electrons. The van der Waals surface area contributed by atoms with Crippen LogP contribution in [0.2, 0.25) is 0 Å². The minimum Gasteiger partial charge on any atom is -0.494 e. The number of hydrogen-bond acceptors (Lipinski definition) is 2. The lowest BCUT2D eigenvalue weighted by Crippen LogP contribution is -2.30. The van der Waals surface area contributed by atoms with E-state index in [1.165, 1.54) is 12.1 Å². The van der Waals surface area contributed by atoms with E-state index in [-0.39, 0.29) is 12.1 Å². The summed E-state index contributed by atoms with van der Waals surface area (Å²) in [5, 5.41) is 2.65. The number of halogens is 2. The first kappa shape index (κ1) is 12.9. The molecule has 16 heavy (non-hydrogen) atoms. The van der Waals surface area contributed by atoms with Gasteiger partial charge in [-0.2, -0.15) is 8.78 Å². The summed E-state index contributed by atoms with van der Waals surface area (Å²) < 4.78 is 32.3. The summed E-state index contributed by atoms with van der Waals surface area (Å²) in [6, 6.07) is 5.95. The van der Waals surface area contributed by atoms with Gasteiger partial charge in [0.25, 0.3) is 5.92 Å². The number of benzene rings is 1. The van der Waals surface area contributed by atoms with Crippen LogP contribution in [0.4, 0.5) is 8.78 Å². The Morgan fingerprint density at radius 1 is 1.19 bits per heavy atom. The molecule has 4 heteroatoms. The van der Waals surface area contributed by atoms with Gasteiger partial charge >= 0.3 is 0 Å². The normalized spacial score (nSPS) is 11.5. The average molecular weight is 229 g/mol. The van der Waals surface area contributed by atoms with Crippen LogP contribution in [0.15, 0.2) is 24.3 Å². The van der Waals surface area contributed by atoms with Crippen LogP contribution in [0.5, 0.6) is 5.75 Å². The van der Waals surface area contributed by atoms with Crippen LogP contribution in [0, 0.1) is 0 Å². The highest BCUT2D eigenvalue weighted by Crippen LogP contribution is 2.28. The second-order valence-corrected chi connectivity index (χ2v) is 3.44. The average Bonchev–Trinajstić information content (AvgIpc) is 2.28. The van der Waals surface area contributed by atoms with Crippen molar-refractivity contribution < 1.29 is 13.5 Å². The predicted molar refractivity (Wildman–Crippen MR) is 60.0 cm³/mol. The van der Waals surface area contributed by atoms with E-state index in [1.807, 2.05) is 6.92 Å². The van der Waals surface area contributed by atoms with Crippen LogP contribution in [0.3, 0.4) is 0 Å². The SMILES string of the molecule is CCNCC(F)(F)c1ccc(OCC)cc1. The Balaban J connectivity index is 2.71. The Morgan fingerprint density at radius 2 is 1.81 bits per heavy atom. The van der Waals surface area contributed by atoms with Crippen LogP contribution in [-0.4, -0.2) is 19.7 Å². The molecule has 0 saturated heterocycles. The van der Waals surface area contributed by atoms with Gasteiger partial charge < -0.3 is 10.1 Å². The largest absolute Gasteiger partial charge is 0.494 e. The third kappa shape index (κ3) is 3.45. The summed E-state index contributed by atoms with van der Waals surface area (Å²) in [6.07, 6.45) is 0. The van der Waals surface area contributed by atoms with Crippen LogP contribution in [0.1, 0.15) is 19.4 Å². The maximum Gasteiger partial charge on any atom is 0.285 e. The predicted octanol–water partition coefficient (Wildman–Crippen LogP) is 2.79. The van der Waals surface area contributed by atoms with Crippen molar-refractivity contribution in [3.63, 3.8) is 0 Å². The molecule has 0 heterocycles. The van der Waals surface area contributed by atoms with Gasteiger partial charge in [-0.05, 0) is 37.7 Å². The van der Waals surface area contributed by atoms with Crippen molar-refractivity contribution in [3.8, 4) is 5.75 Å². The molecule has 0 bridgehead atoms. The molecule has 1 aromatic carbocycles. The van der Waals surface area contributed by atoms with Gasteiger partial charge in [0.05, 0.1) is 13.2 Å². The van der Waals surface area contributed by atoms with Crippen molar-refractivity contribution >= 4 is 0 Å². The molecule has 0 aliphatic heterocycles. The van der Waals surface area contributed by atoms with Crippen LogP contribution >= 0.6 is 0 Å². The third-order valence-electron chi connectivity index (χ3n) is 2.18. The monoisotopic (exact) mass is 229 g/mol. The zero-order valence-corrected chi connectivity index (χ0v) is 9.59. The second kappa shape index (κ2) is 5.80. The van der Waals surface area contributed by atoms with Gasteiger partial charge in [0.2, 0.25) is 0 Å². The van der Waals surface area contributed by atoms with Crippen molar-refractivity contribution in [2.75, 3.05) is 19.7 Å². The minimum absolute atomic E-state index is 0.0110. The van der Waals surface area contributed by atoms with Gasteiger partial charge in [-0.25, -0.2) is 0 Å². The van der Waals surface area contributed by atoms with Crippen molar-refractivity contribution in [2.45, 2.75) is 19.8 Å². The molecule has 0 aromatic heterocycles. The maximum atomic E-state index is 13.6. The van der Waals surface area contributed by atoms with E-state index in [4.69, 9.17) is 4.74 Å². The molecule has 0 spiro atoms. The van der Waals surface area contributed by atoms with Crippen LogP contribution in [-0.2, 0) is 5.92 Å². The molecule has 0 aliphatic carbocycles. The Morgan fingerprint density at radius 3 is 2.31 bits per heavy atom. The topological polar surface area (TPSA) is 21.3 Å². The zero-order valence-electron chi connectivity index (χ0n) is 9.59. The molecule has 1 aromatic rings. The lowest BCUT2D eigenvalue weighted by molar-refractivity contribution is -0.00263. The van der Waals surface area contributed by atoms with E-state index in [0.29, 0.717) is 18.9 Å². The number of alkyl halides is 2. The van der Waals surface area contributed by atoms with Gasteiger partial charge in [-0.15, -0.1) is 0 Å². The Kier molecular flexibility index (Phi) is 4.68. The quantitative estimate of drug-likeness (QED) is 0.809. The molecule has 0 aliphatic rings. The molecule has 0 atom stereocenters. The lowest BCUT2D eigenvalue weighted by atomic mass is 10.1. The Hall–Kier alpha value is -1.16. The fraction of sp³-hybridized carbons (Fsp3) is 0.500. The first-order chi connectivity index (χ1) is 7.60. The van der Waals surface area contributed by atoms with Crippen molar-refractivity contribution in [1.82, 2.24) is 5.32 Å². The first-order valence-corrected chi connectivity index (χ1v) is 5.42. The van der Waals surface area contributed by atoms with E-state index in [9.17, 15) is 8.78 Å².